The van der Waals surface area contributed by atoms with E-state index in [2.05, 4.69) is 6.58 Å². The lowest BCUT2D eigenvalue weighted by atomic mass is 10.1. The van der Waals surface area contributed by atoms with Crippen LogP contribution in [-0.2, 0) is 0 Å². The molecule has 0 aliphatic heterocycles. The maximum atomic E-state index is 11.2. The van der Waals surface area contributed by atoms with E-state index in [9.17, 15) is 9.90 Å². The number of aromatic carboxylic acids is 1. The highest BCUT2D eigenvalue weighted by Crippen LogP contribution is 2.30. The Bertz CT molecular complexity index is 602. The standard InChI is InChI=1S/C15H14O3/c1-3-10(2)18-14-12-7-5-4-6-11(12)8-9-13(14)15(16)17/h3-10H,1H2,2H3,(H,16,17). The molecule has 0 spiro atoms. The molecule has 0 amide bonds. The SMILES string of the molecule is C=CC(C)Oc1c(C(=O)O)ccc2ccccc12. The van der Waals surface area contributed by atoms with E-state index in [1.165, 1.54) is 0 Å². The zero-order valence-electron chi connectivity index (χ0n) is 10.1. The average molecular weight is 242 g/mol. The van der Waals surface area contributed by atoms with Crippen molar-refractivity contribution in [3.8, 4) is 5.75 Å². The summed E-state index contributed by atoms with van der Waals surface area (Å²) >= 11 is 0. The first-order valence-corrected chi connectivity index (χ1v) is 5.67. The molecule has 0 bridgehead atoms. The molecule has 0 aliphatic rings. The molecule has 3 nitrogen and oxygen atoms in total. The predicted molar refractivity (Wildman–Crippen MR) is 71.2 cm³/mol. The van der Waals surface area contributed by atoms with Crippen molar-refractivity contribution in [3.63, 3.8) is 0 Å². The minimum Gasteiger partial charge on any atom is -0.485 e. The van der Waals surface area contributed by atoms with Gasteiger partial charge in [-0.2, -0.15) is 0 Å². The number of benzene rings is 2. The van der Waals surface area contributed by atoms with Gasteiger partial charge in [0.15, 0.2) is 0 Å². The Morgan fingerprint density at radius 2 is 2.06 bits per heavy atom. The third-order valence-electron chi connectivity index (χ3n) is 2.75. The molecule has 0 aliphatic carbocycles. The van der Waals surface area contributed by atoms with E-state index in [0.29, 0.717) is 5.75 Å². The minimum absolute atomic E-state index is 0.169. The number of ether oxygens (including phenoxy) is 1. The zero-order chi connectivity index (χ0) is 13.1. The minimum atomic E-state index is -0.994. The van der Waals surface area contributed by atoms with E-state index in [1.54, 1.807) is 18.2 Å². The Balaban J connectivity index is 2.66. The second kappa shape index (κ2) is 4.92. The first-order chi connectivity index (χ1) is 8.63. The van der Waals surface area contributed by atoms with Crippen molar-refractivity contribution in [3.05, 3.63) is 54.6 Å². The normalized spacial score (nSPS) is 12.1. The quantitative estimate of drug-likeness (QED) is 0.835. The number of hydrogen-bond acceptors (Lipinski definition) is 2. The van der Waals surface area contributed by atoms with Crippen LogP contribution in [-0.4, -0.2) is 17.2 Å². The van der Waals surface area contributed by atoms with Gasteiger partial charge in [0.1, 0.15) is 17.4 Å². The molecular weight excluding hydrogens is 228 g/mol. The van der Waals surface area contributed by atoms with Crippen molar-refractivity contribution < 1.29 is 14.6 Å². The summed E-state index contributed by atoms with van der Waals surface area (Å²) in [5, 5.41) is 11.0. The van der Waals surface area contributed by atoms with Gasteiger partial charge in [-0.05, 0) is 18.4 Å². The lowest BCUT2D eigenvalue weighted by Crippen LogP contribution is -2.11. The summed E-state index contributed by atoms with van der Waals surface area (Å²) in [5.41, 5.74) is 0.169. The molecule has 0 saturated carbocycles. The molecule has 0 aromatic heterocycles. The molecular formula is C15H14O3. The Morgan fingerprint density at radius 1 is 1.33 bits per heavy atom. The highest BCUT2D eigenvalue weighted by molar-refractivity contribution is 6.00. The van der Waals surface area contributed by atoms with Gasteiger partial charge in [-0.25, -0.2) is 4.79 Å². The summed E-state index contributed by atoms with van der Waals surface area (Å²) in [7, 11) is 0. The number of fused-ring (bicyclic) bond motifs is 1. The van der Waals surface area contributed by atoms with E-state index < -0.39 is 5.97 Å². The van der Waals surface area contributed by atoms with E-state index >= 15 is 0 Å². The Labute approximate surface area is 105 Å². The average Bonchev–Trinajstić information content (AvgIpc) is 2.38. The fraction of sp³-hybridized carbons (Fsp3) is 0.133. The van der Waals surface area contributed by atoms with Gasteiger partial charge < -0.3 is 9.84 Å². The van der Waals surface area contributed by atoms with E-state index in [1.807, 2.05) is 31.2 Å². The molecule has 1 N–H and O–H groups in total. The number of hydrogen-bond donors (Lipinski definition) is 1. The van der Waals surface area contributed by atoms with Crippen molar-refractivity contribution in [2.24, 2.45) is 0 Å². The van der Waals surface area contributed by atoms with Crippen molar-refractivity contribution in [1.29, 1.82) is 0 Å². The molecule has 1 unspecified atom stereocenters. The molecule has 3 heteroatoms. The van der Waals surface area contributed by atoms with Crippen LogP contribution in [0, 0.1) is 0 Å². The van der Waals surface area contributed by atoms with Gasteiger partial charge in [-0.1, -0.05) is 43.0 Å². The summed E-state index contributed by atoms with van der Waals surface area (Å²) in [6.45, 7) is 5.46. The third-order valence-corrected chi connectivity index (χ3v) is 2.75. The summed E-state index contributed by atoms with van der Waals surface area (Å²) < 4.78 is 5.67. The van der Waals surface area contributed by atoms with Gasteiger partial charge in [-0.3, -0.25) is 0 Å². The number of carboxylic acids is 1. The smallest absolute Gasteiger partial charge is 0.339 e. The van der Waals surface area contributed by atoms with Gasteiger partial charge >= 0.3 is 5.97 Å². The molecule has 92 valence electrons. The van der Waals surface area contributed by atoms with Crippen molar-refractivity contribution >= 4 is 16.7 Å². The Morgan fingerprint density at radius 3 is 2.72 bits per heavy atom. The number of carbonyl (C=O) groups is 1. The topological polar surface area (TPSA) is 46.5 Å². The van der Waals surface area contributed by atoms with Gasteiger partial charge in [0.2, 0.25) is 0 Å². The molecule has 18 heavy (non-hydrogen) atoms. The van der Waals surface area contributed by atoms with E-state index in [4.69, 9.17) is 4.74 Å². The van der Waals surface area contributed by atoms with Crippen LogP contribution in [0.4, 0.5) is 0 Å². The molecule has 2 aromatic rings. The lowest BCUT2D eigenvalue weighted by molar-refractivity contribution is 0.0691. The van der Waals surface area contributed by atoms with Gasteiger partial charge in [-0.15, -0.1) is 0 Å². The number of carboxylic acid groups (broad SMARTS) is 1. The molecule has 0 fully saturated rings. The zero-order valence-corrected chi connectivity index (χ0v) is 10.1. The van der Waals surface area contributed by atoms with Crippen LogP contribution in [0.25, 0.3) is 10.8 Å². The van der Waals surface area contributed by atoms with E-state index in [0.717, 1.165) is 10.8 Å². The van der Waals surface area contributed by atoms with Crippen LogP contribution in [0.2, 0.25) is 0 Å². The lowest BCUT2D eigenvalue weighted by Gasteiger charge is -2.15. The van der Waals surface area contributed by atoms with E-state index in [-0.39, 0.29) is 11.7 Å². The maximum absolute atomic E-state index is 11.2. The Hall–Kier alpha value is -2.29. The monoisotopic (exact) mass is 242 g/mol. The maximum Gasteiger partial charge on any atom is 0.339 e. The third kappa shape index (κ3) is 2.20. The van der Waals surface area contributed by atoms with Crippen LogP contribution in [0.15, 0.2) is 49.1 Å². The molecule has 0 radical (unpaired) electrons. The van der Waals surface area contributed by atoms with Crippen molar-refractivity contribution in [2.75, 3.05) is 0 Å². The van der Waals surface area contributed by atoms with Crippen LogP contribution in [0.1, 0.15) is 17.3 Å². The molecule has 2 aromatic carbocycles. The first kappa shape index (κ1) is 12.2. The molecule has 0 saturated heterocycles. The van der Waals surface area contributed by atoms with Crippen LogP contribution < -0.4 is 4.74 Å². The van der Waals surface area contributed by atoms with Crippen LogP contribution in [0.5, 0.6) is 5.75 Å². The molecule has 1 atom stereocenters. The highest BCUT2D eigenvalue weighted by atomic mass is 16.5. The first-order valence-electron chi connectivity index (χ1n) is 5.67. The molecule has 0 heterocycles. The summed E-state index contributed by atoms with van der Waals surface area (Å²) in [6.07, 6.45) is 1.39. The van der Waals surface area contributed by atoms with Crippen LogP contribution >= 0.6 is 0 Å². The summed E-state index contributed by atoms with van der Waals surface area (Å²) in [4.78, 5) is 11.2. The molecule has 2 rings (SSSR count). The summed E-state index contributed by atoms with van der Waals surface area (Å²) in [6, 6.07) is 10.9. The van der Waals surface area contributed by atoms with Crippen LogP contribution in [0.3, 0.4) is 0 Å². The Kier molecular flexibility index (Phi) is 3.33. The van der Waals surface area contributed by atoms with Gasteiger partial charge in [0, 0.05) is 5.39 Å². The highest BCUT2D eigenvalue weighted by Gasteiger charge is 2.15. The largest absolute Gasteiger partial charge is 0.485 e. The van der Waals surface area contributed by atoms with Gasteiger partial charge in [0.05, 0.1) is 0 Å². The van der Waals surface area contributed by atoms with Crippen molar-refractivity contribution in [1.82, 2.24) is 0 Å². The fourth-order valence-electron chi connectivity index (χ4n) is 1.77. The predicted octanol–water partition coefficient (Wildman–Crippen LogP) is 3.49. The van der Waals surface area contributed by atoms with Crippen molar-refractivity contribution in [2.45, 2.75) is 13.0 Å². The number of rotatable bonds is 4. The van der Waals surface area contributed by atoms with Gasteiger partial charge in [0.25, 0.3) is 0 Å². The second-order valence-electron chi connectivity index (χ2n) is 4.03. The second-order valence-corrected chi connectivity index (χ2v) is 4.03. The summed E-state index contributed by atoms with van der Waals surface area (Å²) in [5.74, 6) is -0.597. The fourth-order valence-corrected chi connectivity index (χ4v) is 1.77.